The standard InChI is InChI=1S/C7H10N4O3/c1-2-8-7(14)10-5-4(6(12)13)3-9-11-5/h3H,2H2,1H3,(H,12,13)(H3,8,9,10,11,14). The Hall–Kier alpha value is -2.05. The smallest absolute Gasteiger partial charge is 0.341 e. The number of amides is 2. The Balaban J connectivity index is 2.71. The first-order valence-electron chi connectivity index (χ1n) is 3.96. The van der Waals surface area contributed by atoms with Gasteiger partial charge in [0.15, 0.2) is 0 Å². The topological polar surface area (TPSA) is 107 Å². The van der Waals surface area contributed by atoms with Crippen LogP contribution in [0.4, 0.5) is 10.6 Å². The maximum atomic E-state index is 11.0. The third kappa shape index (κ3) is 2.22. The molecule has 1 rings (SSSR count). The van der Waals surface area contributed by atoms with Crippen LogP contribution in [-0.2, 0) is 0 Å². The molecule has 1 aromatic heterocycles. The minimum atomic E-state index is -1.15. The zero-order chi connectivity index (χ0) is 10.6. The number of rotatable bonds is 3. The Labute approximate surface area is 79.5 Å². The van der Waals surface area contributed by atoms with Crippen LogP contribution in [0.2, 0.25) is 0 Å². The molecule has 0 bridgehead atoms. The molecule has 76 valence electrons. The monoisotopic (exact) mass is 198 g/mol. The first-order valence-corrected chi connectivity index (χ1v) is 3.96. The highest BCUT2D eigenvalue weighted by Crippen LogP contribution is 2.09. The number of nitrogens with zero attached hydrogens (tertiary/aromatic N) is 1. The fraction of sp³-hybridized carbons (Fsp3) is 0.286. The fourth-order valence-corrected chi connectivity index (χ4v) is 0.862. The molecule has 0 unspecified atom stereocenters. The summed E-state index contributed by atoms with van der Waals surface area (Å²) in [5.41, 5.74) is -0.0729. The Morgan fingerprint density at radius 3 is 2.93 bits per heavy atom. The zero-order valence-corrected chi connectivity index (χ0v) is 7.50. The number of carboxylic acid groups (broad SMARTS) is 1. The van der Waals surface area contributed by atoms with E-state index in [1.54, 1.807) is 6.92 Å². The number of carboxylic acids is 1. The molecule has 0 saturated carbocycles. The molecular weight excluding hydrogens is 188 g/mol. The van der Waals surface area contributed by atoms with Crippen LogP contribution in [0, 0.1) is 0 Å². The number of carbonyl (C=O) groups excluding carboxylic acids is 1. The maximum Gasteiger partial charge on any atom is 0.341 e. The fourth-order valence-electron chi connectivity index (χ4n) is 0.862. The van der Waals surface area contributed by atoms with Crippen molar-refractivity contribution in [3.8, 4) is 0 Å². The number of anilines is 1. The van der Waals surface area contributed by atoms with Crippen molar-refractivity contribution in [3.05, 3.63) is 11.8 Å². The number of aromatic amines is 1. The lowest BCUT2D eigenvalue weighted by Crippen LogP contribution is -2.29. The lowest BCUT2D eigenvalue weighted by molar-refractivity contribution is 0.0698. The highest BCUT2D eigenvalue weighted by molar-refractivity contribution is 5.98. The molecule has 0 spiro atoms. The molecule has 4 N–H and O–H groups in total. The van der Waals surface area contributed by atoms with Gasteiger partial charge in [-0.05, 0) is 6.92 Å². The van der Waals surface area contributed by atoms with Crippen molar-refractivity contribution in [2.45, 2.75) is 6.92 Å². The summed E-state index contributed by atoms with van der Waals surface area (Å²) in [6.07, 6.45) is 1.13. The average molecular weight is 198 g/mol. The van der Waals surface area contributed by atoms with Crippen molar-refractivity contribution in [2.75, 3.05) is 11.9 Å². The molecule has 0 saturated heterocycles. The van der Waals surface area contributed by atoms with E-state index in [4.69, 9.17) is 5.11 Å². The van der Waals surface area contributed by atoms with Crippen molar-refractivity contribution in [2.24, 2.45) is 0 Å². The van der Waals surface area contributed by atoms with E-state index < -0.39 is 12.0 Å². The quantitative estimate of drug-likeness (QED) is 0.558. The number of nitrogens with one attached hydrogen (secondary N) is 3. The molecule has 0 aliphatic rings. The van der Waals surface area contributed by atoms with Crippen molar-refractivity contribution >= 4 is 17.8 Å². The van der Waals surface area contributed by atoms with E-state index in [1.807, 2.05) is 0 Å². The van der Waals surface area contributed by atoms with Crippen LogP contribution in [0.1, 0.15) is 17.3 Å². The van der Waals surface area contributed by atoms with Crippen LogP contribution >= 0.6 is 0 Å². The van der Waals surface area contributed by atoms with Crippen molar-refractivity contribution in [3.63, 3.8) is 0 Å². The molecule has 0 aliphatic carbocycles. The second-order valence-electron chi connectivity index (χ2n) is 2.45. The van der Waals surface area contributed by atoms with E-state index in [-0.39, 0.29) is 11.4 Å². The molecule has 1 aromatic rings. The second kappa shape index (κ2) is 4.26. The molecule has 0 atom stereocenters. The summed E-state index contributed by atoms with van der Waals surface area (Å²) in [4.78, 5) is 21.6. The van der Waals surface area contributed by atoms with Crippen LogP contribution < -0.4 is 10.6 Å². The van der Waals surface area contributed by atoms with Gasteiger partial charge in [0.25, 0.3) is 0 Å². The van der Waals surface area contributed by atoms with Crippen molar-refractivity contribution in [1.29, 1.82) is 0 Å². The number of urea groups is 1. The molecule has 7 nitrogen and oxygen atoms in total. The van der Waals surface area contributed by atoms with Crippen molar-refractivity contribution in [1.82, 2.24) is 15.5 Å². The Morgan fingerprint density at radius 2 is 2.36 bits per heavy atom. The second-order valence-corrected chi connectivity index (χ2v) is 2.45. The lowest BCUT2D eigenvalue weighted by atomic mass is 10.3. The number of hydrogen-bond acceptors (Lipinski definition) is 3. The summed E-state index contributed by atoms with van der Waals surface area (Å²) in [5.74, 6) is -1.08. The van der Waals surface area contributed by atoms with E-state index in [9.17, 15) is 9.59 Å². The van der Waals surface area contributed by atoms with Crippen LogP contribution in [0.15, 0.2) is 6.20 Å². The van der Waals surface area contributed by atoms with Crippen molar-refractivity contribution < 1.29 is 14.7 Å². The van der Waals surface area contributed by atoms with Gasteiger partial charge in [-0.3, -0.25) is 10.4 Å². The molecule has 0 aromatic carbocycles. The summed E-state index contributed by atoms with van der Waals surface area (Å²) >= 11 is 0. The zero-order valence-electron chi connectivity index (χ0n) is 7.50. The molecule has 1 heterocycles. The largest absolute Gasteiger partial charge is 0.477 e. The van der Waals surface area contributed by atoms with Crippen LogP contribution in [0.3, 0.4) is 0 Å². The number of aromatic nitrogens is 2. The van der Waals surface area contributed by atoms with Crippen LogP contribution in [-0.4, -0.2) is 33.8 Å². The van der Waals surface area contributed by atoms with Gasteiger partial charge < -0.3 is 10.4 Å². The lowest BCUT2D eigenvalue weighted by Gasteiger charge is -2.03. The van der Waals surface area contributed by atoms with Gasteiger partial charge in [0.1, 0.15) is 11.4 Å². The molecule has 14 heavy (non-hydrogen) atoms. The molecule has 7 heteroatoms. The summed E-state index contributed by atoms with van der Waals surface area (Å²) < 4.78 is 0. The highest BCUT2D eigenvalue weighted by Gasteiger charge is 2.13. The SMILES string of the molecule is CCNC(=O)Nc1[nH]ncc1C(=O)O. The molecule has 0 fully saturated rings. The maximum absolute atomic E-state index is 11.0. The Kier molecular flexibility index (Phi) is 3.05. The predicted octanol–water partition coefficient (Wildman–Crippen LogP) is 0.249. The van der Waals surface area contributed by atoms with Gasteiger partial charge in [-0.25, -0.2) is 9.59 Å². The van der Waals surface area contributed by atoms with E-state index in [0.29, 0.717) is 6.54 Å². The van der Waals surface area contributed by atoms with Gasteiger partial charge in [-0.2, -0.15) is 5.10 Å². The normalized spacial score (nSPS) is 9.50. The van der Waals surface area contributed by atoms with Gasteiger partial charge >= 0.3 is 12.0 Å². The molecule has 0 radical (unpaired) electrons. The van der Waals surface area contributed by atoms with E-state index in [1.165, 1.54) is 0 Å². The molecule has 0 aliphatic heterocycles. The number of carbonyl (C=O) groups is 2. The van der Waals surface area contributed by atoms with Crippen LogP contribution in [0.5, 0.6) is 0 Å². The molecular formula is C7H10N4O3. The third-order valence-corrected chi connectivity index (χ3v) is 1.45. The van der Waals surface area contributed by atoms with Gasteiger partial charge in [0.2, 0.25) is 0 Å². The average Bonchev–Trinajstić information content (AvgIpc) is 2.52. The molecule has 2 amide bonds. The van der Waals surface area contributed by atoms with Gasteiger partial charge in [-0.1, -0.05) is 0 Å². The van der Waals surface area contributed by atoms with E-state index in [0.717, 1.165) is 6.20 Å². The third-order valence-electron chi connectivity index (χ3n) is 1.45. The van der Waals surface area contributed by atoms with Gasteiger partial charge in [0, 0.05) is 6.54 Å². The number of aromatic carboxylic acids is 1. The Morgan fingerprint density at radius 1 is 1.64 bits per heavy atom. The first-order chi connectivity index (χ1) is 6.65. The highest BCUT2D eigenvalue weighted by atomic mass is 16.4. The summed E-state index contributed by atoms with van der Waals surface area (Å²) in [7, 11) is 0. The van der Waals surface area contributed by atoms with Gasteiger partial charge in [0.05, 0.1) is 6.20 Å². The summed E-state index contributed by atoms with van der Waals surface area (Å²) in [6, 6.07) is -0.473. The number of H-pyrrole nitrogens is 1. The van der Waals surface area contributed by atoms with Crippen LogP contribution in [0.25, 0.3) is 0 Å². The summed E-state index contributed by atoms with van der Waals surface area (Å²) in [6.45, 7) is 2.22. The first kappa shape index (κ1) is 10.0. The Bertz CT molecular complexity index is 346. The van der Waals surface area contributed by atoms with E-state index in [2.05, 4.69) is 20.8 Å². The summed E-state index contributed by atoms with van der Waals surface area (Å²) in [5, 5.41) is 19.3. The predicted molar refractivity (Wildman–Crippen MR) is 48.2 cm³/mol. The van der Waals surface area contributed by atoms with Gasteiger partial charge in [-0.15, -0.1) is 0 Å². The minimum absolute atomic E-state index is 0.0726. The minimum Gasteiger partial charge on any atom is -0.477 e. The number of hydrogen-bond donors (Lipinski definition) is 4. The van der Waals surface area contributed by atoms with E-state index >= 15 is 0 Å².